The molecule has 3 nitrogen and oxygen atoms in total. The number of benzene rings is 1. The van der Waals surface area contributed by atoms with Crippen molar-refractivity contribution in [2.45, 2.75) is 44.6 Å². The lowest BCUT2D eigenvalue weighted by Gasteiger charge is -2.15. The Bertz CT molecular complexity index is 497. The van der Waals surface area contributed by atoms with E-state index in [9.17, 15) is 8.42 Å². The normalized spacial score (nSPS) is 13.7. The minimum atomic E-state index is -3.19. The molecule has 1 N–H and O–H groups in total. The molecule has 0 aliphatic rings. The van der Waals surface area contributed by atoms with Crippen LogP contribution in [0.3, 0.4) is 0 Å². The van der Waals surface area contributed by atoms with Crippen molar-refractivity contribution in [3.05, 3.63) is 28.7 Å². The smallest absolute Gasteiger partial charge is 0.179 e. The lowest BCUT2D eigenvalue weighted by molar-refractivity contribution is 0.459. The van der Waals surface area contributed by atoms with Gasteiger partial charge in [0.1, 0.15) is 0 Å². The number of sulfone groups is 1. The maximum Gasteiger partial charge on any atom is 0.179 e. The van der Waals surface area contributed by atoms with E-state index in [-0.39, 0.29) is 5.75 Å². The summed E-state index contributed by atoms with van der Waals surface area (Å²) in [7, 11) is -3.19. The van der Waals surface area contributed by atoms with E-state index in [1.807, 2.05) is 0 Å². The van der Waals surface area contributed by atoms with Crippen LogP contribution < -0.4 is 5.32 Å². The van der Waals surface area contributed by atoms with E-state index in [2.05, 4.69) is 42.0 Å². The zero-order valence-electron chi connectivity index (χ0n) is 12.4. The Morgan fingerprint density at radius 2 is 1.70 bits per heavy atom. The molecule has 20 heavy (non-hydrogen) atoms. The fourth-order valence-electron chi connectivity index (χ4n) is 1.88. The Balaban J connectivity index is 2.42. The molecule has 5 heteroatoms. The molecule has 0 bridgehead atoms. The second-order valence-electron chi connectivity index (χ2n) is 5.60. The topological polar surface area (TPSA) is 46.2 Å². The number of halogens is 1. The van der Waals surface area contributed by atoms with Gasteiger partial charge < -0.3 is 5.32 Å². The van der Waals surface area contributed by atoms with Crippen molar-refractivity contribution >= 4 is 25.8 Å². The zero-order chi connectivity index (χ0) is 15.2. The van der Waals surface area contributed by atoms with E-state index in [4.69, 9.17) is 0 Å². The summed E-state index contributed by atoms with van der Waals surface area (Å²) in [6.07, 6.45) is 2.24. The third kappa shape index (κ3) is 6.37. The average molecular weight is 362 g/mol. The Hall–Kier alpha value is -0.390. The van der Waals surface area contributed by atoms with Gasteiger partial charge in [-0.05, 0) is 49.9 Å². The van der Waals surface area contributed by atoms with E-state index < -0.39 is 9.84 Å². The first-order valence-corrected chi connectivity index (χ1v) is 9.47. The highest BCUT2D eigenvalue weighted by molar-refractivity contribution is 9.10. The average Bonchev–Trinajstić information content (AvgIpc) is 2.36. The van der Waals surface area contributed by atoms with Gasteiger partial charge in [-0.25, -0.2) is 8.42 Å². The van der Waals surface area contributed by atoms with Gasteiger partial charge in [-0.2, -0.15) is 0 Å². The van der Waals surface area contributed by atoms with Gasteiger partial charge in [0.2, 0.25) is 0 Å². The third-order valence-electron chi connectivity index (χ3n) is 3.21. The molecule has 0 radical (unpaired) electrons. The molecule has 0 saturated heterocycles. The molecule has 0 aliphatic heterocycles. The van der Waals surface area contributed by atoms with Gasteiger partial charge in [-0.1, -0.05) is 29.8 Å². The molecular weight excluding hydrogens is 338 g/mol. The molecule has 114 valence electrons. The molecule has 1 atom stereocenters. The van der Waals surface area contributed by atoms with E-state index >= 15 is 0 Å². The second-order valence-corrected chi connectivity index (χ2v) is 8.62. The fourth-order valence-corrected chi connectivity index (χ4v) is 3.32. The Morgan fingerprint density at radius 3 is 2.25 bits per heavy atom. The maximum atomic E-state index is 12.1. The predicted octanol–water partition coefficient (Wildman–Crippen LogP) is 3.64. The predicted molar refractivity (Wildman–Crippen MR) is 87.7 cm³/mol. The second kappa shape index (κ2) is 8.15. The largest absolute Gasteiger partial charge is 0.313 e. The van der Waals surface area contributed by atoms with Crippen LogP contribution in [0, 0.1) is 5.92 Å². The Morgan fingerprint density at radius 1 is 1.10 bits per heavy atom. The highest BCUT2D eigenvalue weighted by Crippen LogP contribution is 2.15. The summed E-state index contributed by atoms with van der Waals surface area (Å²) in [6, 6.07) is 7.15. The van der Waals surface area contributed by atoms with Crippen LogP contribution in [0.2, 0.25) is 0 Å². The van der Waals surface area contributed by atoms with Crippen molar-refractivity contribution in [3.8, 4) is 0 Å². The van der Waals surface area contributed by atoms with Crippen LogP contribution in [0.1, 0.15) is 33.6 Å². The lowest BCUT2D eigenvalue weighted by atomic mass is 10.0. The lowest BCUT2D eigenvalue weighted by Crippen LogP contribution is -2.31. The van der Waals surface area contributed by atoms with Crippen LogP contribution in [-0.2, 0) is 9.84 Å². The first kappa shape index (κ1) is 17.7. The third-order valence-corrected chi connectivity index (χ3v) is 5.47. The van der Waals surface area contributed by atoms with Crippen molar-refractivity contribution in [3.63, 3.8) is 0 Å². The van der Waals surface area contributed by atoms with Crippen LogP contribution >= 0.6 is 15.9 Å². The summed E-state index contributed by atoms with van der Waals surface area (Å²) in [5.41, 5.74) is 0. The van der Waals surface area contributed by atoms with Crippen molar-refractivity contribution in [2.75, 3.05) is 12.3 Å². The number of hydrogen-bond donors (Lipinski definition) is 1. The highest BCUT2D eigenvalue weighted by atomic mass is 79.9. The Kier molecular flexibility index (Phi) is 7.20. The molecule has 0 aromatic heterocycles. The summed E-state index contributed by atoms with van der Waals surface area (Å²) in [4.78, 5) is 0.386. The number of nitrogens with one attached hydrogen (secondary N) is 1. The first-order valence-electron chi connectivity index (χ1n) is 7.03. The van der Waals surface area contributed by atoms with E-state index in [1.165, 1.54) is 0 Å². The molecule has 0 amide bonds. The van der Waals surface area contributed by atoms with Crippen LogP contribution in [0.25, 0.3) is 0 Å². The molecule has 1 unspecified atom stereocenters. The molecule has 1 aromatic carbocycles. The highest BCUT2D eigenvalue weighted by Gasteiger charge is 2.14. The summed E-state index contributed by atoms with van der Waals surface area (Å²) in [6.45, 7) is 7.00. The molecule has 0 saturated carbocycles. The summed E-state index contributed by atoms with van der Waals surface area (Å²) in [5.74, 6) is 0.825. The monoisotopic (exact) mass is 361 g/mol. The molecule has 0 spiro atoms. The minimum Gasteiger partial charge on any atom is -0.313 e. The minimum absolute atomic E-state index is 0.140. The van der Waals surface area contributed by atoms with E-state index in [0.29, 0.717) is 23.4 Å². The quantitative estimate of drug-likeness (QED) is 0.768. The maximum absolute atomic E-state index is 12.1. The van der Waals surface area contributed by atoms with Crippen LogP contribution in [0.5, 0.6) is 0 Å². The van der Waals surface area contributed by atoms with Gasteiger partial charge in [0.05, 0.1) is 10.6 Å². The van der Waals surface area contributed by atoms with Crippen LogP contribution in [-0.4, -0.2) is 26.8 Å². The molecular formula is C15H24BrNO2S. The van der Waals surface area contributed by atoms with Gasteiger partial charge in [0.25, 0.3) is 0 Å². The fraction of sp³-hybridized carbons (Fsp3) is 0.600. The summed E-state index contributed by atoms with van der Waals surface area (Å²) in [5, 5.41) is 3.29. The van der Waals surface area contributed by atoms with E-state index in [1.54, 1.807) is 24.3 Å². The summed E-state index contributed by atoms with van der Waals surface area (Å²) >= 11 is 3.31. The Labute approximate surface area is 131 Å². The standard InChI is InChI=1S/C15H24BrNO2S/c1-12(2)4-5-13(3)17-10-11-20(18,19)15-8-6-14(16)7-9-15/h6-9,12-13,17H,4-5,10-11H2,1-3H3. The molecule has 0 heterocycles. The van der Waals surface area contributed by atoms with Gasteiger partial charge >= 0.3 is 0 Å². The van der Waals surface area contributed by atoms with Gasteiger partial charge in [-0.15, -0.1) is 0 Å². The van der Waals surface area contributed by atoms with Gasteiger partial charge in [0, 0.05) is 17.1 Å². The first-order chi connectivity index (χ1) is 9.31. The van der Waals surface area contributed by atoms with Crippen molar-refractivity contribution < 1.29 is 8.42 Å². The molecule has 1 rings (SSSR count). The van der Waals surface area contributed by atoms with Crippen molar-refractivity contribution in [1.82, 2.24) is 5.32 Å². The van der Waals surface area contributed by atoms with E-state index in [0.717, 1.165) is 17.3 Å². The molecule has 0 aliphatic carbocycles. The van der Waals surface area contributed by atoms with Gasteiger partial charge in [0.15, 0.2) is 9.84 Å². The number of rotatable bonds is 8. The van der Waals surface area contributed by atoms with Crippen LogP contribution in [0.15, 0.2) is 33.6 Å². The molecule has 0 fully saturated rings. The van der Waals surface area contributed by atoms with Gasteiger partial charge in [-0.3, -0.25) is 0 Å². The van der Waals surface area contributed by atoms with Crippen LogP contribution in [0.4, 0.5) is 0 Å². The van der Waals surface area contributed by atoms with Crippen molar-refractivity contribution in [2.24, 2.45) is 5.92 Å². The zero-order valence-corrected chi connectivity index (χ0v) is 14.8. The number of hydrogen-bond acceptors (Lipinski definition) is 3. The summed E-state index contributed by atoms with van der Waals surface area (Å²) < 4.78 is 25.2. The van der Waals surface area contributed by atoms with Crippen molar-refractivity contribution in [1.29, 1.82) is 0 Å². The molecule has 1 aromatic rings. The SMILES string of the molecule is CC(C)CCC(C)NCCS(=O)(=O)c1ccc(Br)cc1.